The summed E-state index contributed by atoms with van der Waals surface area (Å²) in [6.07, 6.45) is 0. The molecule has 6 heteroatoms. The van der Waals surface area contributed by atoms with Gasteiger partial charge in [0.05, 0.1) is 6.54 Å². The van der Waals surface area contributed by atoms with Crippen LogP contribution in [0.2, 0.25) is 0 Å². The minimum absolute atomic E-state index is 0.0850. The number of thiophene rings is 1. The summed E-state index contributed by atoms with van der Waals surface area (Å²) >= 11 is 1.31. The Kier molecular flexibility index (Phi) is 1.92. The molecule has 1 aromatic heterocycles. The predicted octanol–water partition coefficient (Wildman–Crippen LogP) is 0.341. The number of carboxylic acid groups (broad SMARTS) is 1. The minimum atomic E-state index is -1.29. The van der Waals surface area contributed by atoms with Gasteiger partial charge in [0.1, 0.15) is 0 Å². The van der Waals surface area contributed by atoms with Gasteiger partial charge in [-0.05, 0) is 11.4 Å². The molecule has 3 N–H and O–H groups in total. The van der Waals surface area contributed by atoms with Crippen LogP contribution in [0.3, 0.4) is 0 Å². The van der Waals surface area contributed by atoms with Crippen LogP contribution < -0.4 is 10.6 Å². The van der Waals surface area contributed by atoms with Crippen molar-refractivity contribution < 1.29 is 14.7 Å². The molecule has 1 aromatic rings. The zero-order valence-corrected chi connectivity index (χ0v) is 7.93. The van der Waals surface area contributed by atoms with Crippen LogP contribution in [0.5, 0.6) is 0 Å². The van der Waals surface area contributed by atoms with E-state index in [9.17, 15) is 9.59 Å². The number of urea groups is 1. The first-order valence-corrected chi connectivity index (χ1v) is 4.86. The second-order valence-corrected chi connectivity index (χ2v) is 3.94. The second-order valence-electron chi connectivity index (χ2n) is 3.00. The van der Waals surface area contributed by atoms with Crippen LogP contribution in [0.15, 0.2) is 17.5 Å². The molecule has 0 saturated carbocycles. The monoisotopic (exact) mass is 212 g/mol. The van der Waals surface area contributed by atoms with Gasteiger partial charge >= 0.3 is 12.0 Å². The predicted molar refractivity (Wildman–Crippen MR) is 50.2 cm³/mol. The largest absolute Gasteiger partial charge is 0.479 e. The van der Waals surface area contributed by atoms with Crippen molar-refractivity contribution in [3.63, 3.8) is 0 Å². The van der Waals surface area contributed by atoms with Crippen molar-refractivity contribution >= 4 is 23.3 Å². The third-order valence-electron chi connectivity index (χ3n) is 2.15. The SMILES string of the molecule is O=C1NCC(C(=O)O)(c2cccs2)N1. The number of carbonyl (C=O) groups excluding carboxylic acids is 1. The van der Waals surface area contributed by atoms with E-state index in [2.05, 4.69) is 10.6 Å². The lowest BCUT2D eigenvalue weighted by molar-refractivity contribution is -0.143. The summed E-state index contributed by atoms with van der Waals surface area (Å²) in [6, 6.07) is 3.02. The minimum Gasteiger partial charge on any atom is -0.479 e. The van der Waals surface area contributed by atoms with E-state index >= 15 is 0 Å². The van der Waals surface area contributed by atoms with E-state index in [-0.39, 0.29) is 6.54 Å². The Morgan fingerprint density at radius 1 is 1.64 bits per heavy atom. The third kappa shape index (κ3) is 1.15. The number of carbonyl (C=O) groups is 2. The molecule has 2 amide bonds. The van der Waals surface area contributed by atoms with E-state index in [0.29, 0.717) is 4.88 Å². The topological polar surface area (TPSA) is 78.4 Å². The molecule has 0 bridgehead atoms. The summed E-state index contributed by atoms with van der Waals surface area (Å²) in [5, 5.41) is 15.8. The molecule has 14 heavy (non-hydrogen) atoms. The Hall–Kier alpha value is -1.56. The normalized spacial score (nSPS) is 25.6. The smallest absolute Gasteiger partial charge is 0.336 e. The van der Waals surface area contributed by atoms with Crippen molar-refractivity contribution in [3.8, 4) is 0 Å². The number of amides is 2. The zero-order chi connectivity index (χ0) is 10.2. The lowest BCUT2D eigenvalue weighted by Crippen LogP contribution is -2.47. The molecule has 0 aromatic carbocycles. The van der Waals surface area contributed by atoms with Gasteiger partial charge in [-0.2, -0.15) is 0 Å². The molecule has 1 aliphatic heterocycles. The number of carboxylic acids is 1. The summed E-state index contributed by atoms with van der Waals surface area (Å²) in [7, 11) is 0. The lowest BCUT2D eigenvalue weighted by atomic mass is 9.99. The molecule has 1 atom stereocenters. The molecular formula is C8H8N2O3S. The zero-order valence-electron chi connectivity index (χ0n) is 7.11. The third-order valence-corrected chi connectivity index (χ3v) is 3.18. The molecule has 1 fully saturated rings. The molecule has 5 nitrogen and oxygen atoms in total. The second kappa shape index (κ2) is 2.98. The molecule has 1 saturated heterocycles. The Labute approximate surface area is 83.7 Å². The fourth-order valence-electron chi connectivity index (χ4n) is 1.40. The van der Waals surface area contributed by atoms with E-state index in [0.717, 1.165) is 0 Å². The Morgan fingerprint density at radius 3 is 2.86 bits per heavy atom. The van der Waals surface area contributed by atoms with E-state index in [1.165, 1.54) is 11.3 Å². The van der Waals surface area contributed by atoms with Gasteiger partial charge in [0, 0.05) is 4.88 Å². The summed E-state index contributed by atoms with van der Waals surface area (Å²) < 4.78 is 0. The molecule has 74 valence electrons. The van der Waals surface area contributed by atoms with Crippen molar-refractivity contribution in [1.82, 2.24) is 10.6 Å². The van der Waals surface area contributed by atoms with Gasteiger partial charge in [-0.3, -0.25) is 0 Å². The van der Waals surface area contributed by atoms with E-state index in [1.54, 1.807) is 17.5 Å². The highest BCUT2D eigenvalue weighted by Crippen LogP contribution is 2.27. The van der Waals surface area contributed by atoms with E-state index in [1.807, 2.05) is 0 Å². The Bertz CT molecular complexity index is 376. The Morgan fingerprint density at radius 2 is 2.43 bits per heavy atom. The molecular weight excluding hydrogens is 204 g/mol. The van der Waals surface area contributed by atoms with Gasteiger partial charge < -0.3 is 15.7 Å². The van der Waals surface area contributed by atoms with Crippen LogP contribution in [0, 0.1) is 0 Å². The van der Waals surface area contributed by atoms with Gasteiger partial charge in [0.25, 0.3) is 0 Å². The van der Waals surface area contributed by atoms with Crippen LogP contribution in [0.25, 0.3) is 0 Å². The summed E-state index contributed by atoms with van der Waals surface area (Å²) in [5.74, 6) is -1.04. The highest BCUT2D eigenvalue weighted by molar-refractivity contribution is 7.10. The number of hydrogen-bond donors (Lipinski definition) is 3. The summed E-state index contributed by atoms with van der Waals surface area (Å²) in [6.45, 7) is 0.0850. The first-order chi connectivity index (χ1) is 6.65. The molecule has 2 rings (SSSR count). The van der Waals surface area contributed by atoms with Crippen molar-refractivity contribution in [2.75, 3.05) is 6.54 Å². The standard InChI is InChI=1S/C8H8N2O3S/c11-6(12)8(4-9-7(13)10-8)5-2-1-3-14-5/h1-3H,4H2,(H,11,12)(H2,9,10,13). The number of nitrogens with one attached hydrogen (secondary N) is 2. The maximum atomic E-state index is 11.1. The number of aliphatic carboxylic acids is 1. The average molecular weight is 212 g/mol. The van der Waals surface area contributed by atoms with Gasteiger partial charge in [0.15, 0.2) is 5.54 Å². The van der Waals surface area contributed by atoms with Crippen LogP contribution in [-0.4, -0.2) is 23.7 Å². The molecule has 0 radical (unpaired) electrons. The summed E-state index contributed by atoms with van der Waals surface area (Å²) in [5.41, 5.74) is -1.29. The lowest BCUT2D eigenvalue weighted by Gasteiger charge is -2.20. The fraction of sp³-hybridized carbons (Fsp3) is 0.250. The van der Waals surface area contributed by atoms with Crippen LogP contribution in [0.1, 0.15) is 4.88 Å². The van der Waals surface area contributed by atoms with Gasteiger partial charge in [-0.1, -0.05) is 6.07 Å². The number of hydrogen-bond acceptors (Lipinski definition) is 3. The molecule has 1 aliphatic rings. The molecule has 1 unspecified atom stereocenters. The first-order valence-electron chi connectivity index (χ1n) is 3.98. The van der Waals surface area contributed by atoms with Gasteiger partial charge in [-0.25, -0.2) is 9.59 Å². The molecule has 0 spiro atoms. The maximum Gasteiger partial charge on any atom is 0.336 e. The van der Waals surface area contributed by atoms with Gasteiger partial charge in [0.2, 0.25) is 0 Å². The highest BCUT2D eigenvalue weighted by Gasteiger charge is 2.47. The molecule has 2 heterocycles. The number of rotatable bonds is 2. The van der Waals surface area contributed by atoms with Crippen LogP contribution in [0.4, 0.5) is 4.79 Å². The maximum absolute atomic E-state index is 11.1. The van der Waals surface area contributed by atoms with Crippen molar-refractivity contribution in [2.45, 2.75) is 5.54 Å². The van der Waals surface area contributed by atoms with Crippen LogP contribution >= 0.6 is 11.3 Å². The van der Waals surface area contributed by atoms with E-state index in [4.69, 9.17) is 5.11 Å². The Balaban J connectivity index is 2.42. The van der Waals surface area contributed by atoms with Gasteiger partial charge in [-0.15, -0.1) is 11.3 Å². The fourth-order valence-corrected chi connectivity index (χ4v) is 2.27. The van der Waals surface area contributed by atoms with Crippen LogP contribution in [-0.2, 0) is 10.3 Å². The van der Waals surface area contributed by atoms with Crippen molar-refractivity contribution in [3.05, 3.63) is 22.4 Å². The average Bonchev–Trinajstić information content (AvgIpc) is 2.71. The first kappa shape index (κ1) is 9.01. The quantitative estimate of drug-likeness (QED) is 0.661. The highest BCUT2D eigenvalue weighted by atomic mass is 32.1. The van der Waals surface area contributed by atoms with E-state index < -0.39 is 17.5 Å². The van der Waals surface area contributed by atoms with Crippen molar-refractivity contribution in [2.24, 2.45) is 0 Å². The van der Waals surface area contributed by atoms with Crippen molar-refractivity contribution in [1.29, 1.82) is 0 Å². The molecule has 0 aliphatic carbocycles. The summed E-state index contributed by atoms with van der Waals surface area (Å²) in [4.78, 5) is 22.7.